The maximum absolute atomic E-state index is 13.0. The number of amides is 3. The number of carbonyl (C=O) groups is 3. The highest BCUT2D eigenvalue weighted by molar-refractivity contribution is 6.05. The fraction of sp³-hybridized carbons (Fsp3) is 0.241. The first kappa shape index (κ1) is 23.0. The molecule has 0 aromatic heterocycles. The van der Waals surface area contributed by atoms with Gasteiger partial charge in [-0.05, 0) is 41.3 Å². The van der Waals surface area contributed by atoms with E-state index < -0.39 is 11.9 Å². The average molecular weight is 495 g/mol. The molecule has 0 bridgehead atoms. The van der Waals surface area contributed by atoms with E-state index in [1.54, 1.807) is 12.1 Å². The van der Waals surface area contributed by atoms with Crippen LogP contribution in [0.25, 0.3) is 0 Å². The lowest BCUT2D eigenvalue weighted by Crippen LogP contribution is -2.52. The Kier molecular flexibility index (Phi) is 5.92. The number of fused-ring (bicyclic) bond motifs is 2. The second-order valence-electron chi connectivity index (χ2n) is 9.51. The molecule has 186 valence electrons. The summed E-state index contributed by atoms with van der Waals surface area (Å²) < 4.78 is 6.12. The number of rotatable bonds is 6. The molecule has 0 spiro atoms. The van der Waals surface area contributed by atoms with E-state index in [1.165, 1.54) is 10.5 Å². The van der Waals surface area contributed by atoms with Gasteiger partial charge in [-0.3, -0.25) is 24.7 Å². The SMILES string of the molecule is O=C1CCC(N2Cc3c(OCc4ccc(CC5=NCc6ccccc6N5)cc4)cccc3C2=O)C(=O)N1. The lowest BCUT2D eigenvalue weighted by atomic mass is 10.0. The maximum atomic E-state index is 13.0. The summed E-state index contributed by atoms with van der Waals surface area (Å²) in [6.45, 7) is 1.33. The van der Waals surface area contributed by atoms with Gasteiger partial charge in [-0.15, -0.1) is 0 Å². The molecule has 2 N–H and O–H groups in total. The summed E-state index contributed by atoms with van der Waals surface area (Å²) in [7, 11) is 0. The van der Waals surface area contributed by atoms with Gasteiger partial charge in [-0.25, -0.2) is 0 Å². The molecule has 3 aromatic rings. The van der Waals surface area contributed by atoms with Gasteiger partial charge in [-0.1, -0.05) is 48.5 Å². The van der Waals surface area contributed by atoms with Crippen LogP contribution in [-0.2, 0) is 35.7 Å². The molecule has 0 radical (unpaired) electrons. The summed E-state index contributed by atoms with van der Waals surface area (Å²) in [5.41, 5.74) is 5.79. The molecule has 0 aliphatic carbocycles. The fourth-order valence-electron chi connectivity index (χ4n) is 5.06. The number of para-hydroxylation sites is 1. The number of hydrogen-bond acceptors (Lipinski definition) is 6. The standard InChI is InChI=1S/C29H26N4O4/c34-27-13-12-24(28(35)32-27)33-16-22-21(29(33)36)5-3-7-25(22)37-17-19-10-8-18(9-11-19)14-26-30-15-20-4-1-2-6-23(20)31-26/h1-11,24H,12-17H2,(H,30,31)(H,32,34,35). The topological polar surface area (TPSA) is 100 Å². The molecule has 1 fully saturated rings. The Morgan fingerprint density at radius 1 is 0.919 bits per heavy atom. The highest BCUT2D eigenvalue weighted by Gasteiger charge is 2.40. The van der Waals surface area contributed by atoms with Crippen LogP contribution in [0.4, 0.5) is 5.69 Å². The molecular weight excluding hydrogens is 468 g/mol. The van der Waals surface area contributed by atoms with Crippen molar-refractivity contribution in [3.05, 3.63) is 94.5 Å². The van der Waals surface area contributed by atoms with Crippen molar-refractivity contribution in [2.75, 3.05) is 5.32 Å². The van der Waals surface area contributed by atoms with Crippen molar-refractivity contribution >= 4 is 29.2 Å². The normalized spacial score (nSPS) is 18.5. The number of benzene rings is 3. The predicted octanol–water partition coefficient (Wildman–Crippen LogP) is 3.59. The van der Waals surface area contributed by atoms with Gasteiger partial charge in [0.15, 0.2) is 0 Å². The first-order valence-electron chi connectivity index (χ1n) is 12.4. The average Bonchev–Trinajstić information content (AvgIpc) is 3.25. The smallest absolute Gasteiger partial charge is 0.255 e. The van der Waals surface area contributed by atoms with Crippen molar-refractivity contribution in [2.24, 2.45) is 4.99 Å². The first-order valence-corrected chi connectivity index (χ1v) is 12.4. The molecule has 1 saturated heterocycles. The van der Waals surface area contributed by atoms with Crippen molar-refractivity contribution in [3.8, 4) is 5.75 Å². The Hall–Kier alpha value is -4.46. The molecule has 8 heteroatoms. The summed E-state index contributed by atoms with van der Waals surface area (Å²) >= 11 is 0. The minimum atomic E-state index is -0.644. The van der Waals surface area contributed by atoms with Gasteiger partial charge in [0, 0.05) is 29.7 Å². The zero-order chi connectivity index (χ0) is 25.4. The van der Waals surface area contributed by atoms with Crippen LogP contribution in [0.5, 0.6) is 5.75 Å². The zero-order valence-electron chi connectivity index (χ0n) is 20.2. The third-order valence-corrected chi connectivity index (χ3v) is 7.06. The summed E-state index contributed by atoms with van der Waals surface area (Å²) in [5.74, 6) is 0.658. The number of carbonyl (C=O) groups excluding carboxylic acids is 3. The number of nitrogens with zero attached hydrogens (tertiary/aromatic N) is 2. The molecule has 3 heterocycles. The Balaban J connectivity index is 1.09. The molecular formula is C29H26N4O4. The van der Waals surface area contributed by atoms with E-state index in [1.807, 2.05) is 30.3 Å². The van der Waals surface area contributed by atoms with Crippen molar-refractivity contribution < 1.29 is 19.1 Å². The van der Waals surface area contributed by atoms with E-state index in [9.17, 15) is 14.4 Å². The van der Waals surface area contributed by atoms with Gasteiger partial charge >= 0.3 is 0 Å². The van der Waals surface area contributed by atoms with E-state index in [0.29, 0.717) is 30.9 Å². The van der Waals surface area contributed by atoms with Crippen LogP contribution in [0.3, 0.4) is 0 Å². The Morgan fingerprint density at radius 2 is 1.73 bits per heavy atom. The molecule has 0 saturated carbocycles. The van der Waals surface area contributed by atoms with Crippen LogP contribution < -0.4 is 15.4 Å². The minimum Gasteiger partial charge on any atom is -0.489 e. The summed E-state index contributed by atoms with van der Waals surface area (Å²) in [4.78, 5) is 43.0. The summed E-state index contributed by atoms with van der Waals surface area (Å²) in [6, 6.07) is 21.2. The van der Waals surface area contributed by atoms with Crippen LogP contribution in [0, 0.1) is 0 Å². The predicted molar refractivity (Wildman–Crippen MR) is 138 cm³/mol. The summed E-state index contributed by atoms with van der Waals surface area (Å²) in [6.07, 6.45) is 1.29. The highest BCUT2D eigenvalue weighted by atomic mass is 16.5. The van der Waals surface area contributed by atoms with Crippen molar-refractivity contribution in [1.29, 1.82) is 0 Å². The second kappa shape index (κ2) is 9.54. The maximum Gasteiger partial charge on any atom is 0.255 e. The van der Waals surface area contributed by atoms with Gasteiger partial charge in [-0.2, -0.15) is 0 Å². The number of ether oxygens (including phenoxy) is 1. The Morgan fingerprint density at radius 3 is 2.57 bits per heavy atom. The highest BCUT2D eigenvalue weighted by Crippen LogP contribution is 2.34. The Bertz CT molecular complexity index is 1430. The number of anilines is 1. The molecule has 3 amide bonds. The van der Waals surface area contributed by atoms with E-state index in [2.05, 4.69) is 39.9 Å². The van der Waals surface area contributed by atoms with Crippen LogP contribution in [0.2, 0.25) is 0 Å². The minimum absolute atomic E-state index is 0.207. The molecule has 37 heavy (non-hydrogen) atoms. The van der Waals surface area contributed by atoms with E-state index in [4.69, 9.17) is 4.74 Å². The molecule has 1 atom stereocenters. The van der Waals surface area contributed by atoms with Crippen LogP contribution in [0.15, 0.2) is 71.7 Å². The second-order valence-corrected chi connectivity index (χ2v) is 9.51. The number of imide groups is 1. The molecule has 1 unspecified atom stereocenters. The fourth-order valence-corrected chi connectivity index (χ4v) is 5.06. The lowest BCUT2D eigenvalue weighted by molar-refractivity contribution is -0.136. The van der Waals surface area contributed by atoms with Gasteiger partial charge < -0.3 is 15.0 Å². The first-order chi connectivity index (χ1) is 18.0. The third kappa shape index (κ3) is 4.58. The van der Waals surface area contributed by atoms with Gasteiger partial charge in [0.2, 0.25) is 11.8 Å². The number of aliphatic imine (C=N–C) groups is 1. The lowest BCUT2D eigenvalue weighted by Gasteiger charge is -2.29. The van der Waals surface area contributed by atoms with Crippen LogP contribution >= 0.6 is 0 Å². The molecule has 8 nitrogen and oxygen atoms in total. The van der Waals surface area contributed by atoms with Crippen molar-refractivity contribution in [3.63, 3.8) is 0 Å². The quantitative estimate of drug-likeness (QED) is 0.510. The van der Waals surface area contributed by atoms with Crippen molar-refractivity contribution in [2.45, 2.75) is 45.0 Å². The number of piperidine rings is 1. The number of amidine groups is 1. The molecule has 3 aromatic carbocycles. The van der Waals surface area contributed by atoms with Crippen LogP contribution in [0.1, 0.15) is 45.5 Å². The zero-order valence-corrected chi connectivity index (χ0v) is 20.2. The van der Waals surface area contributed by atoms with Gasteiger partial charge in [0.05, 0.1) is 13.1 Å². The van der Waals surface area contributed by atoms with Gasteiger partial charge in [0.25, 0.3) is 5.91 Å². The van der Waals surface area contributed by atoms with Crippen molar-refractivity contribution in [1.82, 2.24) is 10.2 Å². The van der Waals surface area contributed by atoms with Crippen LogP contribution in [-0.4, -0.2) is 34.5 Å². The molecule has 3 aliphatic heterocycles. The van der Waals surface area contributed by atoms with Gasteiger partial charge in [0.1, 0.15) is 24.2 Å². The molecule has 3 aliphatic rings. The van der Waals surface area contributed by atoms with E-state index in [-0.39, 0.29) is 24.8 Å². The summed E-state index contributed by atoms with van der Waals surface area (Å²) in [5, 5.41) is 5.75. The number of hydrogen-bond donors (Lipinski definition) is 2. The third-order valence-electron chi connectivity index (χ3n) is 7.06. The molecule has 6 rings (SSSR count). The largest absolute Gasteiger partial charge is 0.489 e. The monoisotopic (exact) mass is 494 g/mol. The number of nitrogens with one attached hydrogen (secondary N) is 2. The Labute approximate surface area is 214 Å². The van der Waals surface area contributed by atoms with E-state index in [0.717, 1.165) is 34.6 Å². The van der Waals surface area contributed by atoms with E-state index >= 15 is 0 Å².